The highest BCUT2D eigenvalue weighted by Crippen LogP contribution is 2.26. The van der Waals surface area contributed by atoms with Crippen molar-refractivity contribution in [1.29, 1.82) is 0 Å². The molecule has 0 radical (unpaired) electrons. The van der Waals surface area contributed by atoms with Crippen LogP contribution in [0.4, 0.5) is 5.13 Å². The molecule has 0 spiro atoms. The first-order chi connectivity index (χ1) is 10.3. The third kappa shape index (κ3) is 5.90. The second-order valence-corrected chi connectivity index (χ2v) is 7.33. The Morgan fingerprint density at radius 1 is 1.27 bits per heavy atom. The van der Waals surface area contributed by atoms with Crippen LogP contribution in [-0.2, 0) is 14.3 Å². The van der Waals surface area contributed by atoms with Crippen LogP contribution in [-0.4, -0.2) is 58.5 Å². The number of aromatic nitrogens is 2. The van der Waals surface area contributed by atoms with Crippen LogP contribution in [0, 0.1) is 0 Å². The zero-order chi connectivity index (χ0) is 16.7. The maximum absolute atomic E-state index is 12.2. The molecule has 0 saturated heterocycles. The molecule has 0 aromatic carbocycles. The van der Waals surface area contributed by atoms with Crippen LogP contribution in [0.25, 0.3) is 0 Å². The molecule has 0 unspecified atom stereocenters. The van der Waals surface area contributed by atoms with Crippen LogP contribution >= 0.6 is 23.1 Å². The molecule has 1 N–H and O–H groups in total. The maximum Gasteiger partial charge on any atom is 0.252 e. The summed E-state index contributed by atoms with van der Waals surface area (Å²) in [4.78, 5) is 25.4. The minimum absolute atomic E-state index is 0.0295. The van der Waals surface area contributed by atoms with E-state index in [4.69, 9.17) is 4.74 Å². The molecule has 1 aromatic rings. The number of nitrogens with one attached hydrogen (secondary N) is 1. The summed E-state index contributed by atoms with van der Waals surface area (Å²) in [5.41, 5.74) is 0. The number of methoxy groups -OCH3 is 1. The van der Waals surface area contributed by atoms with Crippen molar-refractivity contribution >= 4 is 40.0 Å². The Labute approximate surface area is 138 Å². The van der Waals surface area contributed by atoms with Gasteiger partial charge in [0, 0.05) is 19.2 Å². The van der Waals surface area contributed by atoms with E-state index in [1.165, 1.54) is 30.2 Å². The maximum atomic E-state index is 12.2. The van der Waals surface area contributed by atoms with Gasteiger partial charge in [-0.3, -0.25) is 14.9 Å². The summed E-state index contributed by atoms with van der Waals surface area (Å²) in [7, 11) is 1.45. The van der Waals surface area contributed by atoms with Crippen molar-refractivity contribution in [3.63, 3.8) is 0 Å². The Kier molecular flexibility index (Phi) is 7.77. The minimum atomic E-state index is -0.280. The molecule has 0 bridgehead atoms. The highest BCUT2D eigenvalue weighted by atomic mass is 32.2. The quantitative estimate of drug-likeness (QED) is 0.571. The molecule has 0 aliphatic carbocycles. The van der Waals surface area contributed by atoms with E-state index in [2.05, 4.69) is 15.5 Å². The number of hydrogen-bond donors (Lipinski definition) is 1. The number of rotatable bonds is 8. The Hall–Kier alpha value is -1.19. The first kappa shape index (κ1) is 18.9. The van der Waals surface area contributed by atoms with Crippen molar-refractivity contribution in [3.8, 4) is 0 Å². The minimum Gasteiger partial charge on any atom is -0.375 e. The third-order valence-electron chi connectivity index (χ3n) is 2.65. The predicted octanol–water partition coefficient (Wildman–Crippen LogP) is 1.86. The molecule has 0 aliphatic heterocycles. The predicted molar refractivity (Wildman–Crippen MR) is 88.3 cm³/mol. The number of amides is 2. The van der Waals surface area contributed by atoms with Gasteiger partial charge in [0.25, 0.3) is 5.91 Å². The van der Waals surface area contributed by atoms with Gasteiger partial charge in [-0.1, -0.05) is 23.1 Å². The monoisotopic (exact) mass is 346 g/mol. The highest BCUT2D eigenvalue weighted by molar-refractivity contribution is 8.01. The van der Waals surface area contributed by atoms with Gasteiger partial charge in [0.2, 0.25) is 11.0 Å². The van der Waals surface area contributed by atoms with Crippen LogP contribution in [0.15, 0.2) is 4.34 Å². The Balaban J connectivity index is 2.53. The second kappa shape index (κ2) is 9.06. The van der Waals surface area contributed by atoms with E-state index in [-0.39, 0.29) is 30.5 Å². The molecule has 9 heteroatoms. The van der Waals surface area contributed by atoms with Crippen molar-refractivity contribution in [1.82, 2.24) is 15.1 Å². The van der Waals surface area contributed by atoms with Crippen LogP contribution in [0.1, 0.15) is 27.7 Å². The number of carbonyl (C=O) groups is 2. The summed E-state index contributed by atoms with van der Waals surface area (Å²) in [5.74, 6) is 0.0871. The Bertz CT molecular complexity index is 497. The van der Waals surface area contributed by atoms with Gasteiger partial charge < -0.3 is 9.64 Å². The SMILES string of the molecule is COCC(=O)Nc1nnc(SCC(=O)N(C(C)C)C(C)C)s1. The molecule has 124 valence electrons. The molecule has 22 heavy (non-hydrogen) atoms. The molecule has 2 amide bonds. The second-order valence-electron chi connectivity index (χ2n) is 5.13. The van der Waals surface area contributed by atoms with Crippen molar-refractivity contribution in [2.24, 2.45) is 0 Å². The lowest BCUT2D eigenvalue weighted by molar-refractivity contribution is -0.131. The molecule has 1 rings (SSSR count). The topological polar surface area (TPSA) is 84.4 Å². The van der Waals surface area contributed by atoms with E-state index in [0.29, 0.717) is 15.2 Å². The van der Waals surface area contributed by atoms with Crippen molar-refractivity contribution < 1.29 is 14.3 Å². The Morgan fingerprint density at radius 2 is 1.91 bits per heavy atom. The number of ether oxygens (including phenoxy) is 1. The fourth-order valence-electron chi connectivity index (χ4n) is 1.98. The molecular formula is C13H22N4O3S2. The van der Waals surface area contributed by atoms with Gasteiger partial charge in [-0.15, -0.1) is 10.2 Å². The van der Waals surface area contributed by atoms with Crippen LogP contribution in [0.2, 0.25) is 0 Å². The Morgan fingerprint density at radius 3 is 2.45 bits per heavy atom. The molecular weight excluding hydrogens is 324 g/mol. The molecule has 0 aliphatic rings. The van der Waals surface area contributed by atoms with Gasteiger partial charge in [-0.05, 0) is 27.7 Å². The highest BCUT2D eigenvalue weighted by Gasteiger charge is 2.20. The van der Waals surface area contributed by atoms with E-state index in [0.717, 1.165) is 0 Å². The van der Waals surface area contributed by atoms with Gasteiger partial charge in [0.15, 0.2) is 4.34 Å². The summed E-state index contributed by atoms with van der Waals surface area (Å²) < 4.78 is 5.37. The molecule has 1 heterocycles. The van der Waals surface area contributed by atoms with Gasteiger partial charge in [-0.25, -0.2) is 0 Å². The van der Waals surface area contributed by atoms with E-state index < -0.39 is 0 Å². The summed E-state index contributed by atoms with van der Waals surface area (Å²) in [6, 6.07) is 0.317. The van der Waals surface area contributed by atoms with Crippen molar-refractivity contribution in [2.45, 2.75) is 44.1 Å². The average Bonchev–Trinajstić information content (AvgIpc) is 2.83. The standard InChI is InChI=1S/C13H22N4O3S2/c1-8(2)17(9(3)4)11(19)7-21-13-16-15-12(22-13)14-10(18)6-20-5/h8-9H,6-7H2,1-5H3,(H,14,15,18). The largest absolute Gasteiger partial charge is 0.375 e. The molecule has 1 aromatic heterocycles. The van der Waals surface area contributed by atoms with Gasteiger partial charge in [-0.2, -0.15) is 0 Å². The first-order valence-electron chi connectivity index (χ1n) is 6.91. The smallest absolute Gasteiger partial charge is 0.252 e. The van der Waals surface area contributed by atoms with Crippen molar-refractivity contribution in [2.75, 3.05) is 24.8 Å². The average molecular weight is 346 g/mol. The third-order valence-corrected chi connectivity index (χ3v) is 4.60. The number of anilines is 1. The van der Waals surface area contributed by atoms with Crippen LogP contribution in [0.3, 0.4) is 0 Å². The van der Waals surface area contributed by atoms with E-state index in [9.17, 15) is 9.59 Å². The van der Waals surface area contributed by atoms with Crippen molar-refractivity contribution in [3.05, 3.63) is 0 Å². The van der Waals surface area contributed by atoms with Gasteiger partial charge >= 0.3 is 0 Å². The lowest BCUT2D eigenvalue weighted by Gasteiger charge is -2.30. The molecule has 7 nitrogen and oxygen atoms in total. The summed E-state index contributed by atoms with van der Waals surface area (Å²) in [5, 5.41) is 10.8. The zero-order valence-corrected chi connectivity index (χ0v) is 15.1. The lowest BCUT2D eigenvalue weighted by atomic mass is 10.2. The van der Waals surface area contributed by atoms with Crippen LogP contribution < -0.4 is 5.32 Å². The number of hydrogen-bond acceptors (Lipinski definition) is 7. The van der Waals surface area contributed by atoms with Gasteiger partial charge in [0.1, 0.15) is 6.61 Å². The van der Waals surface area contributed by atoms with Crippen LogP contribution in [0.5, 0.6) is 0 Å². The fourth-order valence-corrected chi connectivity index (χ4v) is 3.61. The molecule has 0 saturated carbocycles. The molecule has 0 fully saturated rings. The first-order valence-corrected chi connectivity index (χ1v) is 8.71. The van der Waals surface area contributed by atoms with Gasteiger partial charge in [0.05, 0.1) is 5.75 Å². The normalized spacial score (nSPS) is 11.0. The van der Waals surface area contributed by atoms with E-state index in [1.54, 1.807) is 0 Å². The molecule has 0 atom stereocenters. The summed E-state index contributed by atoms with van der Waals surface area (Å²) in [6.45, 7) is 7.96. The fraction of sp³-hybridized carbons (Fsp3) is 0.692. The summed E-state index contributed by atoms with van der Waals surface area (Å²) >= 11 is 2.56. The zero-order valence-electron chi connectivity index (χ0n) is 13.5. The number of thioether (sulfide) groups is 1. The van der Waals surface area contributed by atoms with E-state index in [1.807, 2.05) is 32.6 Å². The summed E-state index contributed by atoms with van der Waals surface area (Å²) in [6.07, 6.45) is 0. The number of nitrogens with zero attached hydrogens (tertiary/aromatic N) is 3. The number of carbonyl (C=O) groups excluding carboxylic acids is 2. The van der Waals surface area contributed by atoms with E-state index >= 15 is 0 Å². The lowest BCUT2D eigenvalue weighted by Crippen LogP contribution is -2.43.